The van der Waals surface area contributed by atoms with Crippen molar-refractivity contribution >= 4 is 27.3 Å². The number of benzene rings is 3. The number of hydrogen-bond acceptors (Lipinski definition) is 4. The summed E-state index contributed by atoms with van der Waals surface area (Å²) in [7, 11) is 0. The molecule has 3 aromatic carbocycles. The summed E-state index contributed by atoms with van der Waals surface area (Å²) in [6, 6.07) is 17.7. The zero-order chi connectivity index (χ0) is 15.3. The van der Waals surface area contributed by atoms with E-state index in [-0.39, 0.29) is 5.88 Å². The van der Waals surface area contributed by atoms with E-state index in [2.05, 4.69) is 6.07 Å². The number of nitrogens with two attached hydrogens (primary N) is 1. The van der Waals surface area contributed by atoms with Crippen LogP contribution in [0.15, 0.2) is 66.2 Å². The van der Waals surface area contributed by atoms with Gasteiger partial charge in [0.15, 0.2) is 6.10 Å². The minimum atomic E-state index is -0.906. The first-order valence-corrected chi connectivity index (χ1v) is 6.97. The highest BCUT2D eigenvalue weighted by molar-refractivity contribution is 6.09. The van der Waals surface area contributed by atoms with Crippen LogP contribution in [0.3, 0.4) is 0 Å². The molecule has 0 saturated heterocycles. The largest absolute Gasteiger partial charge is 0.501 e. The third-order valence-corrected chi connectivity index (χ3v) is 4.02. The number of carbonyl (C=O) groups excluding carboxylic acids is 1. The van der Waals surface area contributed by atoms with Gasteiger partial charge in [-0.05, 0) is 27.6 Å². The molecule has 0 saturated carbocycles. The SMILES string of the molecule is NC1=C(O)C(=O)C(c2c3ccccc3cc3ccccc23)O1. The highest BCUT2D eigenvalue weighted by Gasteiger charge is 2.37. The van der Waals surface area contributed by atoms with Crippen LogP contribution in [0.25, 0.3) is 21.5 Å². The van der Waals surface area contributed by atoms with E-state index in [0.717, 1.165) is 27.1 Å². The third-order valence-electron chi connectivity index (χ3n) is 4.02. The molecule has 1 atom stereocenters. The first-order valence-electron chi connectivity index (χ1n) is 6.97. The van der Waals surface area contributed by atoms with Crippen molar-refractivity contribution in [2.45, 2.75) is 6.10 Å². The van der Waals surface area contributed by atoms with Crippen LogP contribution in [0.1, 0.15) is 11.7 Å². The second-order valence-electron chi connectivity index (χ2n) is 5.31. The molecule has 108 valence electrons. The monoisotopic (exact) mass is 291 g/mol. The highest BCUT2D eigenvalue weighted by Crippen LogP contribution is 2.38. The molecular weight excluding hydrogens is 278 g/mol. The number of aliphatic hydroxyl groups is 1. The molecule has 4 heteroatoms. The minimum Gasteiger partial charge on any atom is -0.501 e. The molecule has 1 unspecified atom stereocenters. The van der Waals surface area contributed by atoms with Crippen molar-refractivity contribution in [2.24, 2.45) is 5.73 Å². The van der Waals surface area contributed by atoms with Crippen LogP contribution in [0.4, 0.5) is 0 Å². The maximum atomic E-state index is 12.3. The van der Waals surface area contributed by atoms with Crippen LogP contribution in [0.2, 0.25) is 0 Å². The van der Waals surface area contributed by atoms with Crippen molar-refractivity contribution in [3.05, 3.63) is 71.8 Å². The van der Waals surface area contributed by atoms with Gasteiger partial charge in [-0.2, -0.15) is 0 Å². The Bertz CT molecular complexity index is 905. The maximum absolute atomic E-state index is 12.3. The van der Waals surface area contributed by atoms with Crippen molar-refractivity contribution in [2.75, 3.05) is 0 Å². The van der Waals surface area contributed by atoms with Crippen molar-refractivity contribution in [1.29, 1.82) is 0 Å². The van der Waals surface area contributed by atoms with Gasteiger partial charge in [0.2, 0.25) is 17.4 Å². The Labute approximate surface area is 126 Å². The average Bonchev–Trinajstić information content (AvgIpc) is 2.80. The Morgan fingerprint density at radius 1 is 0.955 bits per heavy atom. The second-order valence-corrected chi connectivity index (χ2v) is 5.31. The number of fused-ring (bicyclic) bond motifs is 2. The lowest BCUT2D eigenvalue weighted by Crippen LogP contribution is -2.11. The standard InChI is InChI=1S/C18H13NO3/c19-18-16(21)15(20)17(22-18)14-12-7-3-1-5-10(12)9-11-6-2-4-8-13(11)14/h1-9,17,21H,19H2. The number of hydrogen-bond donors (Lipinski definition) is 2. The number of rotatable bonds is 1. The number of ether oxygens (including phenoxy) is 1. The van der Waals surface area contributed by atoms with E-state index in [1.54, 1.807) is 0 Å². The first kappa shape index (κ1) is 12.7. The summed E-state index contributed by atoms with van der Waals surface area (Å²) in [5, 5.41) is 13.6. The molecular formula is C18H13NO3. The van der Waals surface area contributed by atoms with Gasteiger partial charge in [0.25, 0.3) is 0 Å². The zero-order valence-corrected chi connectivity index (χ0v) is 11.6. The van der Waals surface area contributed by atoms with Crippen LogP contribution >= 0.6 is 0 Å². The lowest BCUT2D eigenvalue weighted by atomic mass is 9.92. The van der Waals surface area contributed by atoms with Gasteiger partial charge in [-0.1, -0.05) is 48.5 Å². The summed E-state index contributed by atoms with van der Waals surface area (Å²) in [6.45, 7) is 0. The van der Waals surface area contributed by atoms with Gasteiger partial charge in [0, 0.05) is 5.56 Å². The molecule has 1 heterocycles. The van der Waals surface area contributed by atoms with Gasteiger partial charge >= 0.3 is 0 Å². The molecule has 0 aliphatic carbocycles. The molecule has 0 fully saturated rings. The molecule has 4 nitrogen and oxygen atoms in total. The zero-order valence-electron chi connectivity index (χ0n) is 11.6. The minimum absolute atomic E-state index is 0.216. The topological polar surface area (TPSA) is 72.5 Å². The van der Waals surface area contributed by atoms with E-state index in [1.165, 1.54) is 0 Å². The fraction of sp³-hybridized carbons (Fsp3) is 0.0556. The summed E-state index contributed by atoms with van der Waals surface area (Å²) in [5.41, 5.74) is 6.31. The highest BCUT2D eigenvalue weighted by atomic mass is 16.5. The van der Waals surface area contributed by atoms with Crippen molar-refractivity contribution in [3.63, 3.8) is 0 Å². The van der Waals surface area contributed by atoms with Crippen LogP contribution in [0, 0.1) is 0 Å². The third kappa shape index (κ3) is 1.67. The summed E-state index contributed by atoms with van der Waals surface area (Å²) in [4.78, 5) is 12.3. The molecule has 0 bridgehead atoms. The summed E-state index contributed by atoms with van der Waals surface area (Å²) in [5.74, 6) is -1.21. The predicted molar refractivity (Wildman–Crippen MR) is 84.1 cm³/mol. The molecule has 1 aliphatic heterocycles. The van der Waals surface area contributed by atoms with Crippen molar-refractivity contribution < 1.29 is 14.6 Å². The molecule has 22 heavy (non-hydrogen) atoms. The molecule has 0 amide bonds. The average molecular weight is 291 g/mol. The van der Waals surface area contributed by atoms with Gasteiger partial charge in [0.05, 0.1) is 0 Å². The van der Waals surface area contributed by atoms with Gasteiger partial charge in [-0.15, -0.1) is 0 Å². The Kier molecular flexibility index (Phi) is 2.60. The van der Waals surface area contributed by atoms with Crippen molar-refractivity contribution in [1.82, 2.24) is 0 Å². The Balaban J connectivity index is 2.08. The fourth-order valence-electron chi connectivity index (χ4n) is 3.00. The Morgan fingerprint density at radius 3 is 2.00 bits per heavy atom. The normalized spacial score (nSPS) is 18.2. The van der Waals surface area contributed by atoms with E-state index in [4.69, 9.17) is 10.5 Å². The number of Topliss-reactive ketones (excluding diaryl/α,β-unsaturated/α-hetero) is 1. The van der Waals surface area contributed by atoms with Crippen LogP contribution < -0.4 is 5.73 Å². The molecule has 1 aliphatic rings. The molecule has 4 rings (SSSR count). The number of ketones is 1. The summed E-state index contributed by atoms with van der Waals surface area (Å²) >= 11 is 0. The molecule has 0 radical (unpaired) electrons. The van der Waals surface area contributed by atoms with E-state index < -0.39 is 17.6 Å². The molecule has 0 aromatic heterocycles. The first-order chi connectivity index (χ1) is 10.7. The van der Waals surface area contributed by atoms with Crippen LogP contribution in [0.5, 0.6) is 0 Å². The van der Waals surface area contributed by atoms with E-state index in [9.17, 15) is 9.90 Å². The Morgan fingerprint density at radius 2 is 1.50 bits per heavy atom. The number of aliphatic hydroxyl groups excluding tert-OH is 1. The quantitative estimate of drug-likeness (QED) is 0.675. The van der Waals surface area contributed by atoms with E-state index >= 15 is 0 Å². The molecule has 3 N–H and O–H groups in total. The second kappa shape index (κ2) is 4.49. The van der Waals surface area contributed by atoms with E-state index in [1.807, 2.05) is 48.5 Å². The molecule has 3 aromatic rings. The predicted octanol–water partition coefficient (Wildman–Crippen LogP) is 3.32. The van der Waals surface area contributed by atoms with Crippen LogP contribution in [-0.2, 0) is 9.53 Å². The van der Waals surface area contributed by atoms with E-state index in [0.29, 0.717) is 0 Å². The smallest absolute Gasteiger partial charge is 0.247 e. The fourth-order valence-corrected chi connectivity index (χ4v) is 3.00. The van der Waals surface area contributed by atoms with Gasteiger partial charge in [0.1, 0.15) is 0 Å². The summed E-state index contributed by atoms with van der Waals surface area (Å²) in [6.07, 6.45) is -0.906. The lowest BCUT2D eigenvalue weighted by Gasteiger charge is -2.16. The number of carbonyl (C=O) groups is 1. The Hall–Kier alpha value is -3.01. The maximum Gasteiger partial charge on any atom is 0.247 e. The lowest BCUT2D eigenvalue weighted by molar-refractivity contribution is -0.123. The van der Waals surface area contributed by atoms with Crippen LogP contribution in [-0.4, -0.2) is 10.9 Å². The van der Waals surface area contributed by atoms with Gasteiger partial charge in [-0.3, -0.25) is 4.79 Å². The van der Waals surface area contributed by atoms with Gasteiger partial charge in [-0.25, -0.2) is 0 Å². The van der Waals surface area contributed by atoms with Crippen molar-refractivity contribution in [3.8, 4) is 0 Å². The van der Waals surface area contributed by atoms with Gasteiger partial charge < -0.3 is 15.6 Å². The molecule has 0 spiro atoms. The summed E-state index contributed by atoms with van der Waals surface area (Å²) < 4.78 is 5.45.